The Bertz CT molecular complexity index is 351. The van der Waals surface area contributed by atoms with Gasteiger partial charge in [-0.1, -0.05) is 12.1 Å². The fourth-order valence-electron chi connectivity index (χ4n) is 1.40. The SMILES string of the molecule is NCCC[C@H](N)C(=O)Nc1ccc(CO)cc1. The number of amides is 1. The maximum atomic E-state index is 11.6. The molecule has 1 amide bonds. The van der Waals surface area contributed by atoms with Crippen LogP contribution in [0.5, 0.6) is 0 Å². The maximum absolute atomic E-state index is 11.6. The lowest BCUT2D eigenvalue weighted by atomic mass is 10.1. The number of nitrogens with two attached hydrogens (primary N) is 2. The van der Waals surface area contributed by atoms with Gasteiger partial charge in [-0.05, 0) is 37.1 Å². The molecule has 0 saturated carbocycles. The zero-order valence-electron chi connectivity index (χ0n) is 9.73. The van der Waals surface area contributed by atoms with E-state index < -0.39 is 6.04 Å². The van der Waals surface area contributed by atoms with E-state index in [0.29, 0.717) is 18.7 Å². The Morgan fingerprint density at radius 1 is 1.35 bits per heavy atom. The highest BCUT2D eigenvalue weighted by Crippen LogP contribution is 2.10. The van der Waals surface area contributed by atoms with Crippen molar-refractivity contribution in [2.75, 3.05) is 11.9 Å². The lowest BCUT2D eigenvalue weighted by Crippen LogP contribution is -2.35. The maximum Gasteiger partial charge on any atom is 0.241 e. The van der Waals surface area contributed by atoms with Crippen molar-refractivity contribution < 1.29 is 9.90 Å². The number of hydrogen-bond donors (Lipinski definition) is 4. The van der Waals surface area contributed by atoms with Crippen molar-refractivity contribution in [3.8, 4) is 0 Å². The fraction of sp³-hybridized carbons (Fsp3) is 0.417. The Kier molecular flexibility index (Phi) is 5.62. The summed E-state index contributed by atoms with van der Waals surface area (Å²) in [6, 6.07) is 6.44. The van der Waals surface area contributed by atoms with Gasteiger partial charge in [-0.2, -0.15) is 0 Å². The molecule has 0 saturated heterocycles. The predicted octanol–water partition coefficient (Wildman–Crippen LogP) is 0.184. The Labute approximate surface area is 101 Å². The highest BCUT2D eigenvalue weighted by atomic mass is 16.3. The van der Waals surface area contributed by atoms with Crippen molar-refractivity contribution in [2.45, 2.75) is 25.5 Å². The molecule has 1 rings (SSSR count). The van der Waals surface area contributed by atoms with E-state index in [1.807, 2.05) is 0 Å². The molecule has 0 radical (unpaired) electrons. The number of hydrogen-bond acceptors (Lipinski definition) is 4. The molecule has 94 valence electrons. The first-order valence-corrected chi connectivity index (χ1v) is 5.63. The third-order valence-corrected chi connectivity index (χ3v) is 2.46. The van der Waals surface area contributed by atoms with Crippen LogP contribution >= 0.6 is 0 Å². The van der Waals surface area contributed by atoms with Crippen LogP contribution in [0.1, 0.15) is 18.4 Å². The van der Waals surface area contributed by atoms with Gasteiger partial charge in [0.25, 0.3) is 0 Å². The molecule has 0 spiro atoms. The Morgan fingerprint density at radius 3 is 2.53 bits per heavy atom. The first-order chi connectivity index (χ1) is 8.17. The highest BCUT2D eigenvalue weighted by Gasteiger charge is 2.12. The summed E-state index contributed by atoms with van der Waals surface area (Å²) in [5.74, 6) is -0.213. The van der Waals surface area contributed by atoms with E-state index in [-0.39, 0.29) is 12.5 Å². The summed E-state index contributed by atoms with van der Waals surface area (Å²) in [6.07, 6.45) is 1.31. The van der Waals surface area contributed by atoms with E-state index in [9.17, 15) is 4.79 Å². The van der Waals surface area contributed by atoms with E-state index in [4.69, 9.17) is 16.6 Å². The van der Waals surface area contributed by atoms with Crippen LogP contribution in [0.2, 0.25) is 0 Å². The monoisotopic (exact) mass is 237 g/mol. The number of aliphatic hydroxyl groups is 1. The van der Waals surface area contributed by atoms with Crippen LogP contribution in [0, 0.1) is 0 Å². The average molecular weight is 237 g/mol. The van der Waals surface area contributed by atoms with Gasteiger partial charge in [0.05, 0.1) is 12.6 Å². The number of anilines is 1. The topological polar surface area (TPSA) is 101 Å². The first kappa shape index (κ1) is 13.6. The fourth-order valence-corrected chi connectivity index (χ4v) is 1.40. The highest BCUT2D eigenvalue weighted by molar-refractivity contribution is 5.94. The van der Waals surface area contributed by atoms with E-state index in [1.54, 1.807) is 24.3 Å². The molecule has 17 heavy (non-hydrogen) atoms. The van der Waals surface area contributed by atoms with Crippen LogP contribution in [0.3, 0.4) is 0 Å². The van der Waals surface area contributed by atoms with Gasteiger partial charge in [-0.25, -0.2) is 0 Å². The minimum atomic E-state index is -0.531. The first-order valence-electron chi connectivity index (χ1n) is 5.63. The number of carbonyl (C=O) groups excluding carboxylic acids is 1. The third kappa shape index (κ3) is 4.52. The quantitative estimate of drug-likeness (QED) is 0.567. The van der Waals surface area contributed by atoms with E-state index in [0.717, 1.165) is 12.0 Å². The molecule has 5 nitrogen and oxygen atoms in total. The van der Waals surface area contributed by atoms with Crippen LogP contribution in [0.25, 0.3) is 0 Å². The number of aliphatic hydroxyl groups excluding tert-OH is 1. The van der Waals surface area contributed by atoms with Crippen LogP contribution in [0.4, 0.5) is 5.69 Å². The molecule has 0 bridgehead atoms. The smallest absolute Gasteiger partial charge is 0.241 e. The summed E-state index contributed by atoms with van der Waals surface area (Å²) >= 11 is 0. The van der Waals surface area contributed by atoms with Gasteiger partial charge in [0, 0.05) is 5.69 Å². The molecule has 1 aromatic carbocycles. The van der Waals surface area contributed by atoms with Crippen molar-refractivity contribution in [1.82, 2.24) is 0 Å². The van der Waals surface area contributed by atoms with Gasteiger partial charge < -0.3 is 21.9 Å². The normalized spacial score (nSPS) is 12.2. The zero-order valence-corrected chi connectivity index (χ0v) is 9.73. The minimum absolute atomic E-state index is 0.00968. The largest absolute Gasteiger partial charge is 0.392 e. The minimum Gasteiger partial charge on any atom is -0.392 e. The summed E-state index contributed by atoms with van der Waals surface area (Å²) < 4.78 is 0. The molecule has 0 aliphatic carbocycles. The summed E-state index contributed by atoms with van der Waals surface area (Å²) in [6.45, 7) is 0.524. The number of nitrogens with one attached hydrogen (secondary N) is 1. The average Bonchev–Trinajstić information content (AvgIpc) is 2.36. The summed E-state index contributed by atoms with van der Waals surface area (Å²) in [7, 11) is 0. The molecule has 0 fully saturated rings. The zero-order chi connectivity index (χ0) is 12.7. The molecule has 0 aliphatic heterocycles. The Morgan fingerprint density at radius 2 is 2.00 bits per heavy atom. The molecular weight excluding hydrogens is 218 g/mol. The molecule has 0 unspecified atom stereocenters. The second-order valence-electron chi connectivity index (χ2n) is 3.88. The van der Waals surface area contributed by atoms with Crippen molar-refractivity contribution >= 4 is 11.6 Å². The Hall–Kier alpha value is -1.43. The molecule has 0 heterocycles. The van der Waals surface area contributed by atoms with Crippen LogP contribution in [-0.2, 0) is 11.4 Å². The standard InChI is InChI=1S/C12H19N3O2/c13-7-1-2-11(14)12(17)15-10-5-3-9(8-16)4-6-10/h3-6,11,16H,1-2,7-8,13-14H2,(H,15,17)/t11-/m0/s1. The molecule has 0 aliphatic rings. The van der Waals surface area contributed by atoms with Gasteiger partial charge in [-0.3, -0.25) is 4.79 Å². The molecule has 1 aromatic rings. The third-order valence-electron chi connectivity index (χ3n) is 2.46. The molecule has 5 heteroatoms. The van der Waals surface area contributed by atoms with Crippen molar-refractivity contribution in [3.63, 3.8) is 0 Å². The van der Waals surface area contributed by atoms with Crippen molar-refractivity contribution in [3.05, 3.63) is 29.8 Å². The number of benzene rings is 1. The summed E-state index contributed by atoms with van der Waals surface area (Å²) in [5, 5.41) is 11.6. The van der Waals surface area contributed by atoms with E-state index in [2.05, 4.69) is 5.32 Å². The van der Waals surface area contributed by atoms with E-state index in [1.165, 1.54) is 0 Å². The second-order valence-corrected chi connectivity index (χ2v) is 3.88. The summed E-state index contributed by atoms with van der Waals surface area (Å²) in [4.78, 5) is 11.6. The lowest BCUT2D eigenvalue weighted by Gasteiger charge is -2.11. The predicted molar refractivity (Wildman–Crippen MR) is 67.3 cm³/mol. The molecule has 6 N–H and O–H groups in total. The van der Waals surface area contributed by atoms with Crippen LogP contribution in [-0.4, -0.2) is 23.6 Å². The number of rotatable bonds is 6. The number of carbonyl (C=O) groups is 1. The Balaban J connectivity index is 2.49. The molecule has 0 aromatic heterocycles. The van der Waals surface area contributed by atoms with Crippen LogP contribution in [0.15, 0.2) is 24.3 Å². The van der Waals surface area contributed by atoms with Gasteiger partial charge >= 0.3 is 0 Å². The van der Waals surface area contributed by atoms with Crippen LogP contribution < -0.4 is 16.8 Å². The second kappa shape index (κ2) is 7.01. The van der Waals surface area contributed by atoms with Crippen molar-refractivity contribution in [2.24, 2.45) is 11.5 Å². The van der Waals surface area contributed by atoms with Crippen molar-refractivity contribution in [1.29, 1.82) is 0 Å². The van der Waals surface area contributed by atoms with Gasteiger partial charge in [0.2, 0.25) is 5.91 Å². The molecular formula is C12H19N3O2. The van der Waals surface area contributed by atoms with Gasteiger partial charge in [0.15, 0.2) is 0 Å². The molecule has 1 atom stereocenters. The lowest BCUT2D eigenvalue weighted by molar-refractivity contribution is -0.117. The van der Waals surface area contributed by atoms with Gasteiger partial charge in [0.1, 0.15) is 0 Å². The van der Waals surface area contributed by atoms with Gasteiger partial charge in [-0.15, -0.1) is 0 Å². The van der Waals surface area contributed by atoms with E-state index >= 15 is 0 Å². The summed E-state index contributed by atoms with van der Waals surface area (Å²) in [5.41, 5.74) is 12.5.